The third kappa shape index (κ3) is 9.28. The van der Waals surface area contributed by atoms with Gasteiger partial charge in [0, 0.05) is 11.8 Å². The van der Waals surface area contributed by atoms with Crippen molar-refractivity contribution < 1.29 is 9.13 Å². The molecule has 1 N–H and O–H groups in total. The Morgan fingerprint density at radius 2 is 1.42 bits per heavy atom. The van der Waals surface area contributed by atoms with E-state index < -0.39 is 0 Å². The number of benzene rings is 1. The summed E-state index contributed by atoms with van der Waals surface area (Å²) in [7, 11) is 0. The van der Waals surface area contributed by atoms with Crippen LogP contribution in [0.3, 0.4) is 0 Å². The van der Waals surface area contributed by atoms with Gasteiger partial charge in [0.05, 0.1) is 24.7 Å². The standard InChI is InChI=1S/C27H41FN2O/c1-26(2,3)27(4,5)17-11-9-7-6-8-10-12-18-31-25-15-13-23(14-16-25)30-24-19-22(28)20-29-21-24/h13-16,19-21,30H,6-12,17-18H2,1-5H3. The van der Waals surface area contributed by atoms with Crippen molar-refractivity contribution >= 4 is 11.4 Å². The molecule has 3 nitrogen and oxygen atoms in total. The van der Waals surface area contributed by atoms with Crippen molar-refractivity contribution in [3.05, 3.63) is 48.5 Å². The minimum absolute atomic E-state index is 0.352. The van der Waals surface area contributed by atoms with Crippen LogP contribution in [0.5, 0.6) is 5.75 Å². The molecule has 1 aromatic carbocycles. The molecule has 1 aromatic heterocycles. The lowest BCUT2D eigenvalue weighted by molar-refractivity contribution is 0.115. The fourth-order valence-electron chi connectivity index (χ4n) is 3.40. The van der Waals surface area contributed by atoms with Gasteiger partial charge in [0.15, 0.2) is 0 Å². The molecule has 0 aliphatic heterocycles. The molecule has 1 heterocycles. The van der Waals surface area contributed by atoms with E-state index in [0.29, 0.717) is 16.5 Å². The quantitative estimate of drug-likeness (QED) is 0.325. The molecule has 31 heavy (non-hydrogen) atoms. The zero-order valence-corrected chi connectivity index (χ0v) is 20.1. The van der Waals surface area contributed by atoms with Gasteiger partial charge in [-0.2, -0.15) is 0 Å². The number of nitrogens with zero attached hydrogens (tertiary/aromatic N) is 1. The van der Waals surface area contributed by atoms with Crippen molar-refractivity contribution in [2.75, 3.05) is 11.9 Å². The normalized spacial score (nSPS) is 12.1. The first-order valence-corrected chi connectivity index (χ1v) is 11.8. The number of rotatable bonds is 13. The molecule has 0 aliphatic rings. The first kappa shape index (κ1) is 25.2. The Morgan fingerprint density at radius 3 is 2.03 bits per heavy atom. The summed E-state index contributed by atoms with van der Waals surface area (Å²) in [6, 6.07) is 9.16. The highest BCUT2D eigenvalue weighted by atomic mass is 19.1. The minimum Gasteiger partial charge on any atom is -0.494 e. The molecule has 0 spiro atoms. The van der Waals surface area contributed by atoms with Crippen LogP contribution in [0.1, 0.15) is 86.0 Å². The number of anilines is 2. The highest BCUT2D eigenvalue weighted by molar-refractivity contribution is 5.59. The van der Waals surface area contributed by atoms with Crippen LogP contribution in [-0.4, -0.2) is 11.6 Å². The van der Waals surface area contributed by atoms with Crippen molar-refractivity contribution in [1.29, 1.82) is 0 Å². The molecule has 0 radical (unpaired) electrons. The molecular formula is C27H41FN2O. The molecule has 0 saturated carbocycles. The molecule has 0 bridgehead atoms. The van der Waals surface area contributed by atoms with E-state index in [1.807, 2.05) is 24.3 Å². The Labute approximate surface area is 188 Å². The molecule has 0 saturated heterocycles. The van der Waals surface area contributed by atoms with E-state index in [-0.39, 0.29) is 5.82 Å². The van der Waals surface area contributed by atoms with Gasteiger partial charge in [-0.1, -0.05) is 73.1 Å². The summed E-state index contributed by atoms with van der Waals surface area (Å²) in [4.78, 5) is 3.84. The van der Waals surface area contributed by atoms with Crippen molar-refractivity contribution in [2.24, 2.45) is 10.8 Å². The lowest BCUT2D eigenvalue weighted by Crippen LogP contribution is -2.29. The fraction of sp³-hybridized carbons (Fsp3) is 0.593. The molecule has 0 amide bonds. The van der Waals surface area contributed by atoms with Gasteiger partial charge in [0.2, 0.25) is 0 Å². The highest BCUT2D eigenvalue weighted by Gasteiger charge is 2.31. The van der Waals surface area contributed by atoms with Gasteiger partial charge in [0.25, 0.3) is 0 Å². The van der Waals surface area contributed by atoms with Crippen molar-refractivity contribution in [3.8, 4) is 5.75 Å². The number of hydrogen-bond acceptors (Lipinski definition) is 3. The van der Waals surface area contributed by atoms with Crippen molar-refractivity contribution in [2.45, 2.75) is 86.0 Å². The maximum absolute atomic E-state index is 13.2. The number of unbranched alkanes of at least 4 members (excludes halogenated alkanes) is 6. The Kier molecular flexibility index (Phi) is 9.80. The van der Waals surface area contributed by atoms with E-state index in [2.05, 4.69) is 44.9 Å². The highest BCUT2D eigenvalue weighted by Crippen LogP contribution is 2.41. The number of aromatic nitrogens is 1. The average molecular weight is 429 g/mol. The first-order valence-electron chi connectivity index (χ1n) is 11.8. The molecule has 0 unspecified atom stereocenters. The number of halogens is 1. The largest absolute Gasteiger partial charge is 0.494 e. The van der Waals surface area contributed by atoms with E-state index in [0.717, 1.165) is 24.5 Å². The second-order valence-corrected chi connectivity index (χ2v) is 10.2. The van der Waals surface area contributed by atoms with E-state index in [4.69, 9.17) is 4.74 Å². The van der Waals surface area contributed by atoms with E-state index in [1.54, 1.807) is 6.20 Å². The molecule has 4 heteroatoms. The van der Waals surface area contributed by atoms with Crippen LogP contribution in [0.25, 0.3) is 0 Å². The van der Waals surface area contributed by atoms with Gasteiger partial charge in [0.1, 0.15) is 11.6 Å². The number of nitrogens with one attached hydrogen (secondary N) is 1. The summed E-state index contributed by atoms with van der Waals surface area (Å²) in [5.41, 5.74) is 2.30. The maximum Gasteiger partial charge on any atom is 0.143 e. The molecule has 0 aliphatic carbocycles. The maximum atomic E-state index is 13.2. The Bertz CT molecular complexity index is 766. The van der Waals surface area contributed by atoms with Gasteiger partial charge in [-0.3, -0.25) is 4.98 Å². The van der Waals surface area contributed by atoms with Gasteiger partial charge < -0.3 is 10.1 Å². The zero-order valence-electron chi connectivity index (χ0n) is 20.1. The van der Waals surface area contributed by atoms with Gasteiger partial charge >= 0.3 is 0 Å². The van der Waals surface area contributed by atoms with Crippen LogP contribution in [0.15, 0.2) is 42.7 Å². The summed E-state index contributed by atoms with van der Waals surface area (Å²) < 4.78 is 19.0. The number of pyridine rings is 1. The molecule has 2 rings (SSSR count). The van der Waals surface area contributed by atoms with Gasteiger partial charge in [-0.15, -0.1) is 0 Å². The third-order valence-corrected chi connectivity index (χ3v) is 6.59. The fourth-order valence-corrected chi connectivity index (χ4v) is 3.40. The zero-order chi connectivity index (χ0) is 22.7. The summed E-state index contributed by atoms with van der Waals surface area (Å²) in [5, 5.41) is 3.13. The third-order valence-electron chi connectivity index (χ3n) is 6.59. The topological polar surface area (TPSA) is 34.1 Å². The van der Waals surface area contributed by atoms with Crippen molar-refractivity contribution in [3.63, 3.8) is 0 Å². The van der Waals surface area contributed by atoms with Crippen molar-refractivity contribution in [1.82, 2.24) is 4.98 Å². The molecular weight excluding hydrogens is 387 g/mol. The second kappa shape index (κ2) is 12.1. The lowest BCUT2D eigenvalue weighted by atomic mass is 9.67. The summed E-state index contributed by atoms with van der Waals surface area (Å²) in [6.07, 6.45) is 13.1. The first-order chi connectivity index (χ1) is 14.7. The smallest absolute Gasteiger partial charge is 0.143 e. The number of ether oxygens (including phenoxy) is 1. The van der Waals surface area contributed by atoms with E-state index >= 15 is 0 Å². The SMILES string of the molecule is CC(C)(C)C(C)(C)CCCCCCCCCOc1ccc(Nc2cncc(F)c2)cc1. The van der Waals surface area contributed by atoms with Gasteiger partial charge in [-0.25, -0.2) is 4.39 Å². The Morgan fingerprint density at radius 1 is 0.806 bits per heavy atom. The predicted molar refractivity (Wildman–Crippen MR) is 130 cm³/mol. The Hall–Kier alpha value is -2.10. The van der Waals surface area contributed by atoms with Crippen LogP contribution >= 0.6 is 0 Å². The monoisotopic (exact) mass is 428 g/mol. The van der Waals surface area contributed by atoms with Crippen LogP contribution in [0.2, 0.25) is 0 Å². The molecule has 2 aromatic rings. The van der Waals surface area contributed by atoms with Crippen LogP contribution in [-0.2, 0) is 0 Å². The van der Waals surface area contributed by atoms with Crippen LogP contribution in [0.4, 0.5) is 15.8 Å². The predicted octanol–water partition coefficient (Wildman–Crippen LogP) is 8.54. The minimum atomic E-state index is -0.352. The van der Waals surface area contributed by atoms with E-state index in [1.165, 1.54) is 57.2 Å². The average Bonchev–Trinajstić information content (AvgIpc) is 2.70. The second-order valence-electron chi connectivity index (χ2n) is 10.2. The summed E-state index contributed by atoms with van der Waals surface area (Å²) in [6.45, 7) is 12.6. The Balaban J connectivity index is 1.51. The lowest BCUT2D eigenvalue weighted by Gasteiger charge is -2.39. The number of hydrogen-bond donors (Lipinski definition) is 1. The van der Waals surface area contributed by atoms with E-state index in [9.17, 15) is 4.39 Å². The van der Waals surface area contributed by atoms with Gasteiger partial charge in [-0.05, 0) is 47.9 Å². The van der Waals surface area contributed by atoms with Crippen LogP contribution in [0, 0.1) is 16.6 Å². The summed E-state index contributed by atoms with van der Waals surface area (Å²) >= 11 is 0. The van der Waals surface area contributed by atoms with Crippen LogP contribution < -0.4 is 10.1 Å². The summed E-state index contributed by atoms with van der Waals surface area (Å²) in [5.74, 6) is 0.513. The molecule has 0 atom stereocenters. The molecule has 0 fully saturated rings. The molecule has 172 valence electrons.